The molecule has 0 spiro atoms. The van der Waals surface area contributed by atoms with Gasteiger partial charge in [0, 0.05) is 16.3 Å². The predicted octanol–water partition coefficient (Wildman–Crippen LogP) is 5.09. The van der Waals surface area contributed by atoms with E-state index in [4.69, 9.17) is 27.9 Å². The molecular formula is C18H13Cl2FN2O3S. The van der Waals surface area contributed by atoms with Gasteiger partial charge in [-0.25, -0.2) is 22.8 Å². The van der Waals surface area contributed by atoms with Gasteiger partial charge >= 0.3 is 0 Å². The van der Waals surface area contributed by atoms with E-state index in [0.29, 0.717) is 26.7 Å². The Bertz CT molecular complexity index is 1100. The minimum atomic E-state index is -3.54. The van der Waals surface area contributed by atoms with Gasteiger partial charge in [0.1, 0.15) is 0 Å². The van der Waals surface area contributed by atoms with Crippen LogP contribution in [0.3, 0.4) is 0 Å². The minimum absolute atomic E-state index is 0.0585. The van der Waals surface area contributed by atoms with Crippen molar-refractivity contribution in [2.24, 2.45) is 0 Å². The molecule has 0 radical (unpaired) electrons. The molecule has 5 nitrogen and oxygen atoms in total. The van der Waals surface area contributed by atoms with E-state index in [2.05, 4.69) is 9.97 Å². The monoisotopic (exact) mass is 426 g/mol. The summed E-state index contributed by atoms with van der Waals surface area (Å²) in [5.41, 5.74) is 1.71. The summed E-state index contributed by atoms with van der Waals surface area (Å²) in [6, 6.07) is 8.14. The van der Waals surface area contributed by atoms with Gasteiger partial charge in [0.15, 0.2) is 17.3 Å². The molecule has 3 rings (SSSR count). The molecule has 3 aromatic rings. The van der Waals surface area contributed by atoms with Gasteiger partial charge in [-0.3, -0.25) is 0 Å². The number of sulfone groups is 1. The van der Waals surface area contributed by atoms with Crippen molar-refractivity contribution in [2.45, 2.75) is 12.1 Å². The zero-order chi connectivity index (χ0) is 19.8. The van der Waals surface area contributed by atoms with Crippen molar-refractivity contribution in [2.75, 3.05) is 6.26 Å². The lowest BCUT2D eigenvalue weighted by Crippen LogP contribution is -2.03. The van der Waals surface area contributed by atoms with Crippen molar-refractivity contribution in [3.63, 3.8) is 0 Å². The van der Waals surface area contributed by atoms with Gasteiger partial charge in [0.25, 0.3) is 0 Å². The first-order valence-electron chi connectivity index (χ1n) is 7.60. The first-order valence-corrected chi connectivity index (χ1v) is 10.2. The number of aryl methyl sites for hydroxylation is 1. The summed E-state index contributed by atoms with van der Waals surface area (Å²) in [6.07, 6.45) is 3.33. The number of hydrogen-bond donors (Lipinski definition) is 0. The molecule has 0 N–H and O–H groups in total. The summed E-state index contributed by atoms with van der Waals surface area (Å²) in [6.45, 7) is 1.60. The lowest BCUT2D eigenvalue weighted by atomic mass is 10.0. The van der Waals surface area contributed by atoms with E-state index in [1.54, 1.807) is 31.2 Å². The maximum absolute atomic E-state index is 14.5. The fourth-order valence-corrected chi connectivity index (χ4v) is 3.39. The van der Waals surface area contributed by atoms with E-state index in [1.807, 2.05) is 0 Å². The van der Waals surface area contributed by atoms with Gasteiger partial charge in [0.05, 0.1) is 12.4 Å². The molecule has 1 aromatic heterocycles. The molecule has 140 valence electrons. The average Bonchev–Trinajstić information content (AvgIpc) is 2.57. The predicted molar refractivity (Wildman–Crippen MR) is 102 cm³/mol. The average molecular weight is 427 g/mol. The van der Waals surface area contributed by atoms with E-state index in [9.17, 15) is 12.8 Å². The smallest absolute Gasteiger partial charge is 0.246 e. The molecular weight excluding hydrogens is 414 g/mol. The number of ether oxygens (including phenoxy) is 1. The third-order valence-electron chi connectivity index (χ3n) is 3.58. The first kappa shape index (κ1) is 19.5. The van der Waals surface area contributed by atoms with Crippen molar-refractivity contribution in [3.05, 3.63) is 64.2 Å². The Morgan fingerprint density at radius 3 is 2.07 bits per heavy atom. The second-order valence-corrected chi connectivity index (χ2v) is 8.62. The zero-order valence-corrected chi connectivity index (χ0v) is 16.5. The number of nitrogens with zero attached hydrogens (tertiary/aromatic N) is 2. The van der Waals surface area contributed by atoms with Gasteiger partial charge in [-0.15, -0.1) is 0 Å². The largest absolute Gasteiger partial charge is 0.451 e. The van der Waals surface area contributed by atoms with Crippen LogP contribution in [0.15, 0.2) is 47.9 Å². The maximum atomic E-state index is 14.5. The van der Waals surface area contributed by atoms with Gasteiger partial charge < -0.3 is 4.74 Å². The molecule has 2 aromatic carbocycles. The fraction of sp³-hybridized carbons (Fsp3) is 0.111. The van der Waals surface area contributed by atoms with Crippen molar-refractivity contribution in [1.29, 1.82) is 0 Å². The van der Waals surface area contributed by atoms with Crippen LogP contribution in [-0.4, -0.2) is 24.6 Å². The van der Waals surface area contributed by atoms with Crippen molar-refractivity contribution in [3.8, 4) is 22.6 Å². The van der Waals surface area contributed by atoms with Crippen LogP contribution in [0.5, 0.6) is 11.5 Å². The molecule has 0 fully saturated rings. The molecule has 0 saturated carbocycles. The summed E-state index contributed by atoms with van der Waals surface area (Å²) in [4.78, 5) is 7.44. The summed E-state index contributed by atoms with van der Waals surface area (Å²) in [7, 11) is -3.54. The van der Waals surface area contributed by atoms with E-state index in [-0.39, 0.29) is 16.7 Å². The van der Waals surface area contributed by atoms with E-state index in [0.717, 1.165) is 6.26 Å². The molecule has 0 aliphatic heterocycles. The molecule has 0 bridgehead atoms. The van der Waals surface area contributed by atoms with Crippen LogP contribution in [0.2, 0.25) is 10.0 Å². The Morgan fingerprint density at radius 2 is 1.52 bits per heavy atom. The van der Waals surface area contributed by atoms with Crippen LogP contribution in [0.25, 0.3) is 11.1 Å². The quantitative estimate of drug-likeness (QED) is 0.543. The highest BCUT2D eigenvalue weighted by Crippen LogP contribution is 2.34. The number of aromatic nitrogens is 2. The third kappa shape index (κ3) is 4.55. The van der Waals surface area contributed by atoms with Crippen molar-refractivity contribution < 1.29 is 17.5 Å². The summed E-state index contributed by atoms with van der Waals surface area (Å²) in [5.74, 6) is -0.516. The molecule has 0 unspecified atom stereocenters. The number of benzene rings is 2. The summed E-state index contributed by atoms with van der Waals surface area (Å²) in [5, 5.41) is 0.562. The first-order chi connectivity index (χ1) is 12.6. The number of rotatable bonds is 4. The highest BCUT2D eigenvalue weighted by molar-refractivity contribution is 7.90. The molecule has 9 heteroatoms. The Balaban J connectivity index is 1.99. The summed E-state index contributed by atoms with van der Waals surface area (Å²) >= 11 is 12.1. The van der Waals surface area contributed by atoms with Crippen LogP contribution in [-0.2, 0) is 9.84 Å². The standard InChI is InChI=1S/C18H13Cl2FN2O3S/c1-10-3-11(12-4-13(19)7-14(20)5-12)6-16(17(10)21)26-15-8-22-18(23-9-15)27(2,24)25/h3-9H,1-2H3. The lowest BCUT2D eigenvalue weighted by molar-refractivity contribution is 0.435. The van der Waals surface area contributed by atoms with Gasteiger partial charge in [-0.2, -0.15) is 0 Å². The van der Waals surface area contributed by atoms with Crippen LogP contribution in [0.1, 0.15) is 5.56 Å². The SMILES string of the molecule is Cc1cc(-c2cc(Cl)cc(Cl)c2)cc(Oc2cnc(S(C)(=O)=O)nc2)c1F. The topological polar surface area (TPSA) is 69.2 Å². The fourth-order valence-electron chi connectivity index (χ4n) is 2.37. The van der Waals surface area contributed by atoms with Crippen molar-refractivity contribution >= 4 is 33.0 Å². The van der Waals surface area contributed by atoms with E-state index < -0.39 is 15.7 Å². The van der Waals surface area contributed by atoms with Crippen molar-refractivity contribution in [1.82, 2.24) is 9.97 Å². The Kier molecular flexibility index (Phi) is 5.37. The highest BCUT2D eigenvalue weighted by Gasteiger charge is 2.14. The van der Waals surface area contributed by atoms with Crippen LogP contribution < -0.4 is 4.74 Å². The van der Waals surface area contributed by atoms with E-state index in [1.165, 1.54) is 18.5 Å². The van der Waals surface area contributed by atoms with Gasteiger partial charge in [-0.05, 0) is 53.9 Å². The molecule has 0 atom stereocenters. The number of halogens is 3. The zero-order valence-electron chi connectivity index (χ0n) is 14.2. The summed E-state index contributed by atoms with van der Waals surface area (Å²) < 4.78 is 42.8. The maximum Gasteiger partial charge on any atom is 0.246 e. The number of hydrogen-bond acceptors (Lipinski definition) is 5. The molecule has 0 aliphatic rings. The van der Waals surface area contributed by atoms with Crippen LogP contribution >= 0.6 is 23.2 Å². The minimum Gasteiger partial charge on any atom is -0.451 e. The van der Waals surface area contributed by atoms with Crippen LogP contribution in [0, 0.1) is 12.7 Å². The molecule has 0 saturated heterocycles. The Hall–Kier alpha value is -2.22. The third-order valence-corrected chi connectivity index (χ3v) is 4.89. The molecule has 27 heavy (non-hydrogen) atoms. The van der Waals surface area contributed by atoms with Gasteiger partial charge in [0.2, 0.25) is 15.0 Å². The Morgan fingerprint density at radius 1 is 0.963 bits per heavy atom. The van der Waals surface area contributed by atoms with Crippen LogP contribution in [0.4, 0.5) is 4.39 Å². The van der Waals surface area contributed by atoms with Gasteiger partial charge in [-0.1, -0.05) is 23.2 Å². The highest BCUT2D eigenvalue weighted by atomic mass is 35.5. The second kappa shape index (κ2) is 7.42. The molecule has 0 amide bonds. The molecule has 0 aliphatic carbocycles. The second-order valence-electron chi connectivity index (χ2n) is 5.84. The Labute approximate surface area is 165 Å². The molecule has 1 heterocycles. The lowest BCUT2D eigenvalue weighted by Gasteiger charge is -2.12. The van der Waals surface area contributed by atoms with E-state index >= 15 is 0 Å². The normalized spacial score (nSPS) is 11.4.